The molecule has 2 aliphatic heterocycles. The molecule has 31 heavy (non-hydrogen) atoms. The molecule has 0 bridgehead atoms. The van der Waals surface area contributed by atoms with Crippen molar-refractivity contribution >= 4 is 27.6 Å². The summed E-state index contributed by atoms with van der Waals surface area (Å²) < 4.78 is 31.4. The van der Waals surface area contributed by atoms with Crippen molar-refractivity contribution in [2.24, 2.45) is 4.99 Å². The number of carbonyl (C=O) groups excluding carboxylic acids is 1. The van der Waals surface area contributed by atoms with E-state index in [2.05, 4.69) is 15.5 Å². The zero-order valence-electron chi connectivity index (χ0n) is 17.4. The summed E-state index contributed by atoms with van der Waals surface area (Å²) in [7, 11) is -1.81. The Morgan fingerprint density at radius 3 is 2.65 bits per heavy atom. The van der Waals surface area contributed by atoms with Gasteiger partial charge in [-0.2, -0.15) is 4.31 Å². The van der Waals surface area contributed by atoms with Crippen molar-refractivity contribution < 1.29 is 17.7 Å². The zero-order chi connectivity index (χ0) is 21.8. The van der Waals surface area contributed by atoms with E-state index >= 15 is 0 Å². The molecule has 1 aromatic heterocycles. The number of fused-ring (bicyclic) bond motifs is 1. The Hall–Kier alpha value is -2.92. The number of para-hydroxylation sites is 1. The van der Waals surface area contributed by atoms with E-state index in [1.54, 1.807) is 18.0 Å². The maximum Gasteiger partial charge on any atom is 0.246 e. The molecule has 0 unspecified atom stereocenters. The minimum atomic E-state index is -3.46. The lowest BCUT2D eigenvalue weighted by atomic mass is 10.2. The third-order valence-electron chi connectivity index (χ3n) is 5.55. The highest BCUT2D eigenvalue weighted by Gasteiger charge is 2.29. The summed E-state index contributed by atoms with van der Waals surface area (Å²) in [6, 6.07) is 9.49. The first kappa shape index (κ1) is 21.3. The van der Waals surface area contributed by atoms with Crippen molar-refractivity contribution in [3.8, 4) is 0 Å². The fourth-order valence-electron chi connectivity index (χ4n) is 3.95. The molecule has 1 fully saturated rings. The Bertz CT molecular complexity index is 1050. The highest BCUT2D eigenvalue weighted by molar-refractivity contribution is 7.88. The molecule has 0 atom stereocenters. The Morgan fingerprint density at radius 1 is 1.16 bits per heavy atom. The van der Waals surface area contributed by atoms with Crippen LogP contribution in [0.2, 0.25) is 0 Å². The summed E-state index contributed by atoms with van der Waals surface area (Å²) in [5, 5.41) is 6.81. The third kappa shape index (κ3) is 4.72. The van der Waals surface area contributed by atoms with Crippen molar-refractivity contribution in [1.29, 1.82) is 0 Å². The van der Waals surface area contributed by atoms with Crippen LogP contribution in [-0.4, -0.2) is 81.0 Å². The second kappa shape index (κ2) is 9.06. The van der Waals surface area contributed by atoms with E-state index in [0.717, 1.165) is 12.1 Å². The van der Waals surface area contributed by atoms with Crippen LogP contribution in [0.4, 0.5) is 5.69 Å². The lowest BCUT2D eigenvalue weighted by molar-refractivity contribution is -0.117. The van der Waals surface area contributed by atoms with Gasteiger partial charge in [0.25, 0.3) is 0 Å². The van der Waals surface area contributed by atoms with Gasteiger partial charge in [0.05, 0.1) is 12.2 Å². The molecule has 166 valence electrons. The Labute approximate surface area is 181 Å². The standard InChI is InChI=1S/C20H26N6O4S/c1-21-20(22-14-19(27)26-8-6-16-4-2-3-5-18(16)26)24-9-11-25(12-10-24)31(28,29)15-17-7-13-30-23-17/h2-5,7,13H,6,8-12,14-15H2,1H3,(H,21,22). The van der Waals surface area contributed by atoms with Crippen LogP contribution in [0.1, 0.15) is 11.3 Å². The fraction of sp³-hybridized carbons (Fsp3) is 0.450. The summed E-state index contributed by atoms with van der Waals surface area (Å²) >= 11 is 0. The molecule has 11 heteroatoms. The molecule has 1 amide bonds. The number of piperazine rings is 1. The van der Waals surface area contributed by atoms with Crippen LogP contribution in [0.5, 0.6) is 0 Å². The van der Waals surface area contributed by atoms with Crippen molar-refractivity contribution in [1.82, 2.24) is 19.7 Å². The second-order valence-corrected chi connectivity index (χ2v) is 9.43. The monoisotopic (exact) mass is 446 g/mol. The summed E-state index contributed by atoms with van der Waals surface area (Å²) in [5.74, 6) is 0.400. The SMILES string of the molecule is CN=C(NCC(=O)N1CCc2ccccc21)N1CCN(S(=O)(=O)Cc2ccon2)CC1. The molecule has 0 radical (unpaired) electrons. The number of aromatic nitrogens is 1. The predicted molar refractivity (Wildman–Crippen MR) is 116 cm³/mol. The van der Waals surface area contributed by atoms with Gasteiger partial charge in [-0.3, -0.25) is 9.79 Å². The predicted octanol–water partition coefficient (Wildman–Crippen LogP) is 0.287. The first-order valence-electron chi connectivity index (χ1n) is 10.2. The minimum Gasteiger partial charge on any atom is -0.364 e. The zero-order valence-corrected chi connectivity index (χ0v) is 18.2. The van der Waals surface area contributed by atoms with Gasteiger partial charge in [-0.1, -0.05) is 23.4 Å². The van der Waals surface area contributed by atoms with Gasteiger partial charge in [0.2, 0.25) is 15.9 Å². The molecule has 0 spiro atoms. The normalized spacial score (nSPS) is 17.6. The molecule has 2 aromatic rings. The third-order valence-corrected chi connectivity index (χ3v) is 7.36. The molecule has 0 saturated carbocycles. The summed E-state index contributed by atoms with van der Waals surface area (Å²) in [5.41, 5.74) is 2.54. The van der Waals surface area contributed by atoms with E-state index in [1.165, 1.54) is 16.1 Å². The molecule has 2 aliphatic rings. The van der Waals surface area contributed by atoms with Crippen LogP contribution < -0.4 is 10.2 Å². The van der Waals surface area contributed by atoms with Crippen LogP contribution in [0.25, 0.3) is 0 Å². The molecule has 0 aliphatic carbocycles. The number of anilines is 1. The topological polar surface area (TPSA) is 111 Å². The number of carbonyl (C=O) groups is 1. The van der Waals surface area contributed by atoms with E-state index in [0.29, 0.717) is 44.4 Å². The number of guanidine groups is 1. The summed E-state index contributed by atoms with van der Waals surface area (Å²) in [6.45, 7) is 2.46. The summed E-state index contributed by atoms with van der Waals surface area (Å²) in [6.07, 6.45) is 2.22. The lowest BCUT2D eigenvalue weighted by Gasteiger charge is -2.35. The highest BCUT2D eigenvalue weighted by atomic mass is 32.2. The Kier molecular flexibility index (Phi) is 6.23. The van der Waals surface area contributed by atoms with E-state index in [1.807, 2.05) is 29.2 Å². The van der Waals surface area contributed by atoms with Gasteiger partial charge in [0, 0.05) is 51.5 Å². The first-order valence-corrected chi connectivity index (χ1v) is 11.8. The molecule has 1 N–H and O–H groups in total. The highest BCUT2D eigenvalue weighted by Crippen LogP contribution is 2.27. The van der Waals surface area contributed by atoms with E-state index in [4.69, 9.17) is 4.52 Å². The van der Waals surface area contributed by atoms with Gasteiger partial charge in [0.15, 0.2) is 5.96 Å². The number of benzene rings is 1. The largest absolute Gasteiger partial charge is 0.364 e. The number of amides is 1. The molecule has 1 saturated heterocycles. The smallest absolute Gasteiger partial charge is 0.246 e. The molecule has 3 heterocycles. The van der Waals surface area contributed by atoms with Crippen molar-refractivity contribution in [3.63, 3.8) is 0 Å². The van der Waals surface area contributed by atoms with Crippen LogP contribution in [0, 0.1) is 0 Å². The number of hydrogen-bond donors (Lipinski definition) is 1. The van der Waals surface area contributed by atoms with Crippen molar-refractivity contribution in [2.45, 2.75) is 12.2 Å². The van der Waals surface area contributed by atoms with Gasteiger partial charge in [0.1, 0.15) is 12.0 Å². The lowest BCUT2D eigenvalue weighted by Crippen LogP contribution is -2.55. The maximum atomic E-state index is 12.7. The van der Waals surface area contributed by atoms with Crippen LogP contribution >= 0.6 is 0 Å². The number of nitrogens with zero attached hydrogens (tertiary/aromatic N) is 5. The van der Waals surface area contributed by atoms with Crippen LogP contribution in [0.3, 0.4) is 0 Å². The molecule has 10 nitrogen and oxygen atoms in total. The van der Waals surface area contributed by atoms with Gasteiger partial charge in [-0.05, 0) is 18.1 Å². The van der Waals surface area contributed by atoms with E-state index in [-0.39, 0.29) is 18.2 Å². The van der Waals surface area contributed by atoms with Gasteiger partial charge in [-0.25, -0.2) is 8.42 Å². The average molecular weight is 447 g/mol. The molecule has 4 rings (SSSR count). The molecular formula is C20H26N6O4S. The number of sulfonamides is 1. The minimum absolute atomic E-state index is 0.0140. The molecular weight excluding hydrogens is 420 g/mol. The maximum absolute atomic E-state index is 12.7. The van der Waals surface area contributed by atoms with Crippen LogP contribution in [-0.2, 0) is 27.0 Å². The first-order chi connectivity index (χ1) is 15.0. The Balaban J connectivity index is 1.29. The van der Waals surface area contributed by atoms with Crippen molar-refractivity contribution in [3.05, 3.63) is 47.9 Å². The molecule has 1 aromatic carbocycles. The fourth-order valence-corrected chi connectivity index (χ4v) is 5.37. The number of hydrogen-bond acceptors (Lipinski definition) is 6. The van der Waals surface area contributed by atoms with E-state index < -0.39 is 10.0 Å². The Morgan fingerprint density at radius 2 is 1.94 bits per heavy atom. The quantitative estimate of drug-likeness (QED) is 0.519. The summed E-state index contributed by atoms with van der Waals surface area (Å²) in [4.78, 5) is 20.8. The van der Waals surface area contributed by atoms with Gasteiger partial charge in [-0.15, -0.1) is 0 Å². The number of rotatable bonds is 5. The van der Waals surface area contributed by atoms with Crippen LogP contribution in [0.15, 0.2) is 46.1 Å². The van der Waals surface area contributed by atoms with Crippen molar-refractivity contribution in [2.75, 3.05) is 51.2 Å². The second-order valence-electron chi connectivity index (χ2n) is 7.46. The number of nitrogens with one attached hydrogen (secondary N) is 1. The van der Waals surface area contributed by atoms with Gasteiger partial charge >= 0.3 is 0 Å². The van der Waals surface area contributed by atoms with E-state index in [9.17, 15) is 13.2 Å². The van der Waals surface area contributed by atoms with Gasteiger partial charge < -0.3 is 19.6 Å². The average Bonchev–Trinajstić information content (AvgIpc) is 3.44. The number of aliphatic imine (C=N–C) groups is 1.